The van der Waals surface area contributed by atoms with Gasteiger partial charge in [0.05, 0.1) is 17.7 Å². The van der Waals surface area contributed by atoms with Gasteiger partial charge in [-0.05, 0) is 80.8 Å². The molecule has 224 valence electrons. The molecule has 3 heterocycles. The number of halogens is 2. The summed E-state index contributed by atoms with van der Waals surface area (Å²) in [5.41, 5.74) is 4.10. The van der Waals surface area contributed by atoms with Crippen LogP contribution in [-0.2, 0) is 4.74 Å². The summed E-state index contributed by atoms with van der Waals surface area (Å²) in [5.74, 6) is -1.23. The molecule has 2 aromatic carbocycles. The Morgan fingerprint density at radius 1 is 0.875 bits per heavy atom. The molecule has 0 aliphatic carbocycles. The summed E-state index contributed by atoms with van der Waals surface area (Å²) >= 11 is 0. The first-order chi connectivity index (χ1) is 19.1. The standard InChI is InChI=1S/C16H20F2N3O2.C10H12O.3C2H6/c1-19-6-4-16(5-7-19)21(22)20-14(2-3-15(20)23-16)11-8-12(17)10-13(18)9-11;1-7-4-10(6-11)5-8(2)9(7)3;3*1-2/h8-10,14-15H,2-7H2,1H3;4-6H,1-3H3;3*1-2H3/q+1;;;;. The zero-order valence-corrected chi connectivity index (χ0v) is 26.2. The average molecular weight is 563 g/mol. The highest BCUT2D eigenvalue weighted by Gasteiger charge is 2.65. The minimum atomic E-state index is -0.818. The number of aldehydes is 1. The maximum absolute atomic E-state index is 13.5. The maximum Gasteiger partial charge on any atom is 0.350 e. The van der Waals surface area contributed by atoms with Crippen molar-refractivity contribution in [3.8, 4) is 0 Å². The van der Waals surface area contributed by atoms with Gasteiger partial charge in [-0.1, -0.05) is 41.5 Å². The molecule has 2 aromatic rings. The normalized spacial score (nSPS) is 20.5. The molecule has 0 N–H and O–H groups in total. The lowest BCUT2D eigenvalue weighted by Crippen LogP contribution is -2.50. The van der Waals surface area contributed by atoms with Crippen LogP contribution < -0.4 is 0 Å². The molecule has 3 aliphatic rings. The highest BCUT2D eigenvalue weighted by Crippen LogP contribution is 2.47. The van der Waals surface area contributed by atoms with Gasteiger partial charge in [-0.25, -0.2) is 8.78 Å². The minimum absolute atomic E-state index is 0.299. The second-order valence-corrected chi connectivity index (χ2v) is 9.67. The summed E-state index contributed by atoms with van der Waals surface area (Å²) < 4.78 is 33.2. The van der Waals surface area contributed by atoms with E-state index in [4.69, 9.17) is 4.74 Å². The number of nitroso groups, excluding NO2 is 1. The molecule has 6 nitrogen and oxygen atoms in total. The first-order valence-electron chi connectivity index (χ1n) is 14.7. The monoisotopic (exact) mass is 562 g/mol. The summed E-state index contributed by atoms with van der Waals surface area (Å²) in [5, 5.41) is 1.64. The quantitative estimate of drug-likeness (QED) is 0.274. The van der Waals surface area contributed by atoms with Crippen LogP contribution in [0.25, 0.3) is 0 Å². The first-order valence-corrected chi connectivity index (χ1v) is 14.7. The van der Waals surface area contributed by atoms with Gasteiger partial charge in [0, 0.05) is 31.1 Å². The molecule has 5 rings (SSSR count). The Morgan fingerprint density at radius 3 is 1.85 bits per heavy atom. The Morgan fingerprint density at radius 2 is 1.38 bits per heavy atom. The van der Waals surface area contributed by atoms with Crippen LogP contribution in [-0.4, -0.2) is 53.2 Å². The number of hydrazine groups is 1. The third-order valence-electron chi connectivity index (χ3n) is 7.34. The molecule has 0 amide bonds. The molecule has 3 fully saturated rings. The van der Waals surface area contributed by atoms with E-state index >= 15 is 0 Å². The lowest BCUT2D eigenvalue weighted by molar-refractivity contribution is -0.765. The van der Waals surface area contributed by atoms with Crippen molar-refractivity contribution in [2.75, 3.05) is 20.1 Å². The van der Waals surface area contributed by atoms with Gasteiger partial charge in [0.25, 0.3) is 0 Å². The molecule has 2 unspecified atom stereocenters. The van der Waals surface area contributed by atoms with Crippen LogP contribution in [0.15, 0.2) is 30.3 Å². The molecule has 2 atom stereocenters. The van der Waals surface area contributed by atoms with Gasteiger partial charge in [0.1, 0.15) is 24.0 Å². The molecule has 3 saturated heterocycles. The first kappa shape index (κ1) is 35.3. The van der Waals surface area contributed by atoms with Crippen LogP contribution in [0.4, 0.5) is 8.78 Å². The zero-order chi connectivity index (χ0) is 30.6. The number of nitrogens with zero attached hydrogens (tertiary/aromatic N) is 3. The summed E-state index contributed by atoms with van der Waals surface area (Å²) in [6, 6.07) is 6.96. The van der Waals surface area contributed by atoms with E-state index < -0.39 is 17.4 Å². The molecule has 0 aromatic heterocycles. The fourth-order valence-corrected chi connectivity index (χ4v) is 5.13. The van der Waals surface area contributed by atoms with Crippen molar-refractivity contribution in [1.29, 1.82) is 0 Å². The van der Waals surface area contributed by atoms with E-state index in [1.54, 1.807) is 5.01 Å². The van der Waals surface area contributed by atoms with E-state index in [-0.39, 0.29) is 12.3 Å². The lowest BCUT2D eigenvalue weighted by Gasteiger charge is -2.29. The molecule has 40 heavy (non-hydrogen) atoms. The van der Waals surface area contributed by atoms with Gasteiger partial charge in [0.15, 0.2) is 11.1 Å². The third kappa shape index (κ3) is 8.16. The molecular formula is C32H50F2N3O3+. The SMILES string of the molecule is CC.CC.CC.CN1CCC2(CC1)OC1CCC(c3cc(F)cc(F)c3)N1[N+]2=O.Cc1cc(C=O)cc(C)c1C. The summed E-state index contributed by atoms with van der Waals surface area (Å²) in [4.78, 5) is 26.5. The van der Waals surface area contributed by atoms with E-state index in [9.17, 15) is 18.5 Å². The average Bonchev–Trinajstić information content (AvgIpc) is 3.49. The van der Waals surface area contributed by atoms with Gasteiger partial charge in [-0.2, -0.15) is 0 Å². The fraction of sp³-hybridized carbons (Fsp3) is 0.594. The predicted octanol–water partition coefficient (Wildman–Crippen LogP) is 8.08. The van der Waals surface area contributed by atoms with Crippen LogP contribution in [0.1, 0.15) is 106 Å². The highest BCUT2D eigenvalue weighted by atomic mass is 19.1. The van der Waals surface area contributed by atoms with Crippen molar-refractivity contribution >= 4 is 6.29 Å². The second-order valence-electron chi connectivity index (χ2n) is 9.67. The number of ether oxygens (including phenoxy) is 1. The minimum Gasteiger partial charge on any atom is -0.306 e. The number of carbonyl (C=O) groups excluding carboxylic acids is 1. The van der Waals surface area contributed by atoms with E-state index in [1.807, 2.05) is 74.6 Å². The number of piperidine rings is 1. The number of rotatable bonds is 2. The van der Waals surface area contributed by atoms with Gasteiger partial charge >= 0.3 is 5.72 Å². The predicted molar refractivity (Wildman–Crippen MR) is 158 cm³/mol. The van der Waals surface area contributed by atoms with Crippen LogP contribution >= 0.6 is 0 Å². The van der Waals surface area contributed by atoms with E-state index in [0.717, 1.165) is 35.9 Å². The Labute approximate surface area is 240 Å². The molecule has 0 bridgehead atoms. The molecule has 8 heteroatoms. The fourth-order valence-electron chi connectivity index (χ4n) is 5.13. The Bertz CT molecular complexity index is 1060. The molecule has 0 radical (unpaired) electrons. The Hall–Kier alpha value is -2.71. The maximum atomic E-state index is 13.5. The number of carbonyl (C=O) groups is 1. The van der Waals surface area contributed by atoms with Gasteiger partial charge in [-0.3, -0.25) is 9.53 Å². The third-order valence-corrected chi connectivity index (χ3v) is 7.34. The van der Waals surface area contributed by atoms with E-state index in [0.29, 0.717) is 31.2 Å². The number of fused-ring (bicyclic) bond motifs is 1. The summed E-state index contributed by atoms with van der Waals surface area (Å²) in [7, 11) is 2.02. The van der Waals surface area contributed by atoms with Crippen molar-refractivity contribution in [2.24, 2.45) is 0 Å². The zero-order valence-electron chi connectivity index (χ0n) is 26.2. The van der Waals surface area contributed by atoms with Crippen molar-refractivity contribution in [2.45, 2.75) is 106 Å². The number of likely N-dealkylation sites (tertiary alicyclic amines) is 1. The smallest absolute Gasteiger partial charge is 0.306 e. The molecule has 0 saturated carbocycles. The van der Waals surface area contributed by atoms with Gasteiger partial charge < -0.3 is 4.90 Å². The summed E-state index contributed by atoms with van der Waals surface area (Å²) in [6.07, 6.45) is 3.22. The van der Waals surface area contributed by atoms with Crippen LogP contribution in [0.2, 0.25) is 0 Å². The highest BCUT2D eigenvalue weighted by molar-refractivity contribution is 5.75. The topological polar surface area (TPSA) is 52.9 Å². The van der Waals surface area contributed by atoms with Gasteiger partial charge in [0.2, 0.25) is 0 Å². The van der Waals surface area contributed by atoms with Gasteiger partial charge in [-0.15, -0.1) is 5.01 Å². The van der Waals surface area contributed by atoms with Crippen LogP contribution in [0.3, 0.4) is 0 Å². The van der Waals surface area contributed by atoms with E-state index in [2.05, 4.69) is 11.8 Å². The summed E-state index contributed by atoms with van der Waals surface area (Å²) in [6.45, 7) is 19.7. The number of aryl methyl sites for hydroxylation is 2. The lowest BCUT2D eigenvalue weighted by atomic mass is 10.0. The Kier molecular flexibility index (Phi) is 14.6. The number of hydrogen-bond donors (Lipinski definition) is 0. The number of benzene rings is 2. The van der Waals surface area contributed by atoms with Crippen molar-refractivity contribution in [3.63, 3.8) is 0 Å². The number of hydrogen-bond acceptors (Lipinski definition) is 4. The largest absolute Gasteiger partial charge is 0.350 e. The van der Waals surface area contributed by atoms with Crippen molar-refractivity contribution in [3.05, 3.63) is 74.7 Å². The molecule has 1 spiro atoms. The van der Waals surface area contributed by atoms with Crippen molar-refractivity contribution in [1.82, 2.24) is 9.91 Å². The second kappa shape index (κ2) is 16.5. The molecule has 3 aliphatic heterocycles. The van der Waals surface area contributed by atoms with Crippen LogP contribution in [0, 0.1) is 37.3 Å². The van der Waals surface area contributed by atoms with E-state index in [1.165, 1.54) is 28.8 Å². The Balaban J connectivity index is 0.000000398. The van der Waals surface area contributed by atoms with Crippen molar-refractivity contribution < 1.29 is 23.2 Å². The molecular weight excluding hydrogens is 512 g/mol. The van der Waals surface area contributed by atoms with Crippen LogP contribution in [0.5, 0.6) is 0 Å².